The minimum Gasteiger partial charge on any atom is -0.337 e. The topological polar surface area (TPSA) is 38.1 Å². The lowest BCUT2D eigenvalue weighted by atomic mass is 10.1. The first-order valence-corrected chi connectivity index (χ1v) is 7.68. The number of rotatable bonds is 5. The van der Waals surface area contributed by atoms with Crippen molar-refractivity contribution >= 4 is 5.91 Å². The Hall–Kier alpha value is -2.95. The predicted molar refractivity (Wildman–Crippen MR) is 90.0 cm³/mol. The van der Waals surface area contributed by atoms with Crippen molar-refractivity contribution in [2.75, 3.05) is 7.05 Å². The van der Waals surface area contributed by atoms with Gasteiger partial charge in [0.15, 0.2) is 0 Å². The molecule has 0 bridgehead atoms. The Labute approximate surface area is 140 Å². The SMILES string of the molecule is CN(Cc1cccc(F)c1)C(=O)c1ccc(Cn2cccn2)cc1. The Morgan fingerprint density at radius 2 is 1.92 bits per heavy atom. The Bertz CT molecular complexity index is 813. The van der Waals surface area contributed by atoms with E-state index in [1.165, 1.54) is 12.1 Å². The highest BCUT2D eigenvalue weighted by atomic mass is 19.1. The maximum Gasteiger partial charge on any atom is 0.253 e. The molecule has 0 aliphatic heterocycles. The molecule has 4 nitrogen and oxygen atoms in total. The number of carbonyl (C=O) groups excluding carboxylic acids is 1. The van der Waals surface area contributed by atoms with Crippen molar-refractivity contribution in [2.45, 2.75) is 13.1 Å². The van der Waals surface area contributed by atoms with Gasteiger partial charge in [0.2, 0.25) is 0 Å². The van der Waals surface area contributed by atoms with Gasteiger partial charge in [-0.05, 0) is 41.5 Å². The van der Waals surface area contributed by atoms with Gasteiger partial charge in [-0.15, -0.1) is 0 Å². The summed E-state index contributed by atoms with van der Waals surface area (Å²) < 4.78 is 15.1. The number of carbonyl (C=O) groups is 1. The van der Waals surface area contributed by atoms with E-state index in [2.05, 4.69) is 5.10 Å². The predicted octanol–water partition coefficient (Wildman–Crippen LogP) is 3.34. The van der Waals surface area contributed by atoms with Crippen LogP contribution < -0.4 is 0 Å². The molecule has 1 heterocycles. The van der Waals surface area contributed by atoms with E-state index < -0.39 is 0 Å². The molecule has 3 aromatic rings. The third kappa shape index (κ3) is 3.87. The van der Waals surface area contributed by atoms with Gasteiger partial charge in [-0.25, -0.2) is 4.39 Å². The van der Waals surface area contributed by atoms with Crippen molar-refractivity contribution in [3.8, 4) is 0 Å². The smallest absolute Gasteiger partial charge is 0.253 e. The fraction of sp³-hybridized carbons (Fsp3) is 0.158. The normalized spacial score (nSPS) is 10.6. The van der Waals surface area contributed by atoms with Crippen LogP contribution in [0.5, 0.6) is 0 Å². The fourth-order valence-electron chi connectivity index (χ4n) is 2.54. The molecule has 3 rings (SSSR count). The van der Waals surface area contributed by atoms with E-state index in [-0.39, 0.29) is 11.7 Å². The highest BCUT2D eigenvalue weighted by Gasteiger charge is 2.12. The third-order valence-corrected chi connectivity index (χ3v) is 3.76. The lowest BCUT2D eigenvalue weighted by molar-refractivity contribution is 0.0785. The minimum atomic E-state index is -0.295. The highest BCUT2D eigenvalue weighted by Crippen LogP contribution is 2.11. The maximum absolute atomic E-state index is 13.2. The first-order chi connectivity index (χ1) is 11.6. The summed E-state index contributed by atoms with van der Waals surface area (Å²) in [7, 11) is 1.71. The molecular weight excluding hydrogens is 305 g/mol. The van der Waals surface area contributed by atoms with Gasteiger partial charge in [0.25, 0.3) is 5.91 Å². The van der Waals surface area contributed by atoms with Gasteiger partial charge in [0.1, 0.15) is 5.82 Å². The molecule has 0 unspecified atom stereocenters. The molecule has 24 heavy (non-hydrogen) atoms. The standard InChI is InChI=1S/C19H18FN3O/c1-22(13-16-4-2-5-18(20)12-16)19(24)17-8-6-15(7-9-17)14-23-11-3-10-21-23/h2-12H,13-14H2,1H3. The van der Waals surface area contributed by atoms with Gasteiger partial charge < -0.3 is 4.90 Å². The molecule has 1 aromatic heterocycles. The number of halogens is 1. The quantitative estimate of drug-likeness (QED) is 0.722. The number of benzene rings is 2. The van der Waals surface area contributed by atoms with Crippen LogP contribution in [-0.2, 0) is 13.1 Å². The van der Waals surface area contributed by atoms with Crippen molar-refractivity contribution in [2.24, 2.45) is 0 Å². The molecule has 0 aliphatic carbocycles. The number of amides is 1. The molecule has 0 fully saturated rings. The number of hydrogen-bond acceptors (Lipinski definition) is 2. The number of nitrogens with zero attached hydrogens (tertiary/aromatic N) is 3. The Morgan fingerprint density at radius 1 is 1.12 bits per heavy atom. The molecule has 0 saturated carbocycles. The summed E-state index contributed by atoms with van der Waals surface area (Å²) in [6, 6.07) is 15.6. The van der Waals surface area contributed by atoms with E-state index >= 15 is 0 Å². The Balaban J connectivity index is 1.65. The zero-order chi connectivity index (χ0) is 16.9. The van der Waals surface area contributed by atoms with Crippen molar-refractivity contribution in [1.82, 2.24) is 14.7 Å². The molecule has 0 spiro atoms. The Morgan fingerprint density at radius 3 is 2.58 bits per heavy atom. The molecule has 5 heteroatoms. The summed E-state index contributed by atoms with van der Waals surface area (Å²) in [5.74, 6) is -0.388. The average Bonchev–Trinajstić information content (AvgIpc) is 3.08. The van der Waals surface area contributed by atoms with Crippen molar-refractivity contribution in [3.63, 3.8) is 0 Å². The van der Waals surface area contributed by atoms with Gasteiger partial charge in [-0.3, -0.25) is 9.48 Å². The molecule has 0 atom stereocenters. The van der Waals surface area contributed by atoms with E-state index in [1.807, 2.05) is 41.2 Å². The van der Waals surface area contributed by atoms with Gasteiger partial charge in [-0.2, -0.15) is 5.10 Å². The number of hydrogen-bond donors (Lipinski definition) is 0. The summed E-state index contributed by atoms with van der Waals surface area (Å²) in [5, 5.41) is 4.16. The molecule has 122 valence electrons. The summed E-state index contributed by atoms with van der Waals surface area (Å²) in [4.78, 5) is 14.1. The van der Waals surface area contributed by atoms with Crippen molar-refractivity contribution in [1.29, 1.82) is 0 Å². The lowest BCUT2D eigenvalue weighted by Crippen LogP contribution is -2.26. The molecule has 2 aromatic carbocycles. The second-order valence-corrected chi connectivity index (χ2v) is 5.69. The average molecular weight is 323 g/mol. The first kappa shape index (κ1) is 15.9. The van der Waals surface area contributed by atoms with Crippen LogP contribution in [0.15, 0.2) is 67.0 Å². The molecule has 0 radical (unpaired) electrons. The molecule has 0 aliphatic rings. The van der Waals surface area contributed by atoms with E-state index in [0.717, 1.165) is 11.1 Å². The summed E-state index contributed by atoms with van der Waals surface area (Å²) in [6.07, 6.45) is 3.63. The summed E-state index contributed by atoms with van der Waals surface area (Å²) in [6.45, 7) is 1.03. The highest BCUT2D eigenvalue weighted by molar-refractivity contribution is 5.94. The van der Waals surface area contributed by atoms with E-state index in [1.54, 1.807) is 30.3 Å². The zero-order valence-electron chi connectivity index (χ0n) is 13.4. The van der Waals surface area contributed by atoms with Crippen molar-refractivity contribution in [3.05, 3.63) is 89.5 Å². The van der Waals surface area contributed by atoms with E-state index in [4.69, 9.17) is 0 Å². The Kier molecular flexibility index (Phi) is 4.70. The molecule has 0 saturated heterocycles. The minimum absolute atomic E-state index is 0.0927. The maximum atomic E-state index is 13.2. The van der Waals surface area contributed by atoms with Crippen LogP contribution in [0.3, 0.4) is 0 Å². The first-order valence-electron chi connectivity index (χ1n) is 7.68. The van der Waals surface area contributed by atoms with Gasteiger partial charge in [0.05, 0.1) is 6.54 Å². The third-order valence-electron chi connectivity index (χ3n) is 3.76. The largest absolute Gasteiger partial charge is 0.337 e. The van der Waals surface area contributed by atoms with Crippen LogP contribution in [0.2, 0.25) is 0 Å². The molecule has 1 amide bonds. The summed E-state index contributed by atoms with van der Waals surface area (Å²) >= 11 is 0. The van der Waals surface area contributed by atoms with Crippen LogP contribution in [0.4, 0.5) is 4.39 Å². The van der Waals surface area contributed by atoms with Crippen LogP contribution in [-0.4, -0.2) is 27.6 Å². The van der Waals surface area contributed by atoms with Crippen molar-refractivity contribution < 1.29 is 9.18 Å². The van der Waals surface area contributed by atoms with E-state index in [9.17, 15) is 9.18 Å². The lowest BCUT2D eigenvalue weighted by Gasteiger charge is -2.17. The van der Waals surface area contributed by atoms with Crippen LogP contribution >= 0.6 is 0 Å². The van der Waals surface area contributed by atoms with Gasteiger partial charge in [0, 0.05) is 31.5 Å². The fourth-order valence-corrected chi connectivity index (χ4v) is 2.54. The van der Waals surface area contributed by atoms with Gasteiger partial charge in [-0.1, -0.05) is 24.3 Å². The van der Waals surface area contributed by atoms with Crippen LogP contribution in [0.25, 0.3) is 0 Å². The second kappa shape index (κ2) is 7.08. The van der Waals surface area contributed by atoms with E-state index in [0.29, 0.717) is 18.7 Å². The molecular formula is C19H18FN3O. The molecule has 0 N–H and O–H groups in total. The van der Waals surface area contributed by atoms with Gasteiger partial charge >= 0.3 is 0 Å². The number of aromatic nitrogens is 2. The monoisotopic (exact) mass is 323 g/mol. The second-order valence-electron chi connectivity index (χ2n) is 5.69. The van der Waals surface area contributed by atoms with Crippen LogP contribution in [0, 0.1) is 5.82 Å². The summed E-state index contributed by atoms with van der Waals surface area (Å²) in [5.41, 5.74) is 2.45. The van der Waals surface area contributed by atoms with Crippen LogP contribution in [0.1, 0.15) is 21.5 Å². The zero-order valence-corrected chi connectivity index (χ0v) is 13.4.